The number of hydrogen-bond acceptors (Lipinski definition) is 8. The smallest absolute Gasteiger partial charge is 0.336 e. The number of nitrogens with two attached hydrogens (primary N) is 2. The zero-order valence-electron chi connectivity index (χ0n) is 14.8. The second-order valence-electron chi connectivity index (χ2n) is 6.22. The van der Waals surface area contributed by atoms with Gasteiger partial charge in [0.05, 0.1) is 10.6 Å². The predicted octanol–water partition coefficient (Wildman–Crippen LogP) is -0.202. The molecule has 27 heavy (non-hydrogen) atoms. The number of carbonyl (C=O) groups is 1. The summed E-state index contributed by atoms with van der Waals surface area (Å²) < 4.78 is 52.0. The van der Waals surface area contributed by atoms with Crippen LogP contribution >= 0.6 is 0 Å². The Kier molecular flexibility index (Phi) is 6.31. The molecular formula is C15H22N4O6S2. The van der Waals surface area contributed by atoms with Crippen molar-refractivity contribution in [2.24, 2.45) is 16.6 Å². The monoisotopic (exact) mass is 418 g/mol. The molecule has 2 rings (SSSR count). The topological polar surface area (TPSA) is 162 Å². The van der Waals surface area contributed by atoms with Crippen LogP contribution in [0.25, 0.3) is 0 Å². The van der Waals surface area contributed by atoms with Crippen LogP contribution in [0, 0.1) is 0 Å². The van der Waals surface area contributed by atoms with Gasteiger partial charge < -0.3 is 16.4 Å². The Labute approximate surface area is 158 Å². The molecule has 0 aromatic heterocycles. The third-order valence-corrected chi connectivity index (χ3v) is 5.99. The molecular weight excluding hydrogens is 396 g/mol. The second kappa shape index (κ2) is 8.13. The normalized spacial score (nSPS) is 15.2. The van der Waals surface area contributed by atoms with Gasteiger partial charge in [-0.15, -0.1) is 0 Å². The van der Waals surface area contributed by atoms with Crippen LogP contribution in [0.4, 0.5) is 5.69 Å². The van der Waals surface area contributed by atoms with Crippen LogP contribution in [-0.4, -0.2) is 53.7 Å². The molecule has 1 saturated heterocycles. The standard InChI is InChI=1S/C15H22N4O6S2/c1-26(21,22)14-9-11(5-6-12(14)19-7-3-2-4-8-19)13(20)10-27(23,24)25-18-15(16)17/h5-6,9H,2-4,7-8,10H2,1H3,(H4,16,17,18). The summed E-state index contributed by atoms with van der Waals surface area (Å²) in [6, 6.07) is 4.12. The third-order valence-electron chi connectivity index (χ3n) is 3.94. The van der Waals surface area contributed by atoms with Crippen molar-refractivity contribution in [2.45, 2.75) is 24.2 Å². The number of nitrogens with zero attached hydrogens (tertiary/aromatic N) is 2. The number of anilines is 1. The number of piperidine rings is 1. The molecule has 1 heterocycles. The molecule has 0 radical (unpaired) electrons. The van der Waals surface area contributed by atoms with E-state index in [9.17, 15) is 21.6 Å². The number of Topliss-reactive ketones (excluding diaryl/α,β-unsaturated/α-hetero) is 1. The van der Waals surface area contributed by atoms with Crippen molar-refractivity contribution in [1.82, 2.24) is 0 Å². The average molecular weight is 418 g/mol. The summed E-state index contributed by atoms with van der Waals surface area (Å²) in [6.07, 6.45) is 4.02. The van der Waals surface area contributed by atoms with Crippen LogP contribution in [0.5, 0.6) is 0 Å². The summed E-state index contributed by atoms with van der Waals surface area (Å²) in [5.41, 5.74) is 10.4. The van der Waals surface area contributed by atoms with E-state index in [-0.39, 0.29) is 10.5 Å². The van der Waals surface area contributed by atoms with E-state index in [1.165, 1.54) is 18.2 Å². The van der Waals surface area contributed by atoms with E-state index in [2.05, 4.69) is 9.44 Å². The molecule has 12 heteroatoms. The molecule has 150 valence electrons. The molecule has 1 aromatic carbocycles. The van der Waals surface area contributed by atoms with Gasteiger partial charge in [0.15, 0.2) is 21.4 Å². The highest BCUT2D eigenvalue weighted by atomic mass is 32.2. The number of hydrogen-bond donors (Lipinski definition) is 2. The highest BCUT2D eigenvalue weighted by Crippen LogP contribution is 2.29. The molecule has 0 saturated carbocycles. The van der Waals surface area contributed by atoms with E-state index in [4.69, 9.17) is 11.5 Å². The maximum Gasteiger partial charge on any atom is 0.336 e. The minimum absolute atomic E-state index is 0.0159. The van der Waals surface area contributed by atoms with Crippen LogP contribution in [0.2, 0.25) is 0 Å². The molecule has 0 bridgehead atoms. The number of carbonyl (C=O) groups excluding carboxylic acids is 1. The Morgan fingerprint density at radius 2 is 1.78 bits per heavy atom. The fourth-order valence-electron chi connectivity index (χ4n) is 2.75. The first-order chi connectivity index (χ1) is 12.5. The summed E-state index contributed by atoms with van der Waals surface area (Å²) in [5.74, 6) is -2.48. The molecule has 0 aliphatic carbocycles. The molecule has 4 N–H and O–H groups in total. The highest BCUT2D eigenvalue weighted by Gasteiger charge is 2.24. The summed E-state index contributed by atoms with van der Waals surface area (Å²) in [4.78, 5) is 14.2. The minimum Gasteiger partial charge on any atom is -0.370 e. The molecule has 1 fully saturated rings. The number of sulfone groups is 1. The summed E-state index contributed by atoms with van der Waals surface area (Å²) in [5, 5.41) is 2.90. The lowest BCUT2D eigenvalue weighted by atomic mass is 10.1. The average Bonchev–Trinajstić information content (AvgIpc) is 2.59. The van der Waals surface area contributed by atoms with Crippen molar-refractivity contribution in [3.63, 3.8) is 0 Å². The fraction of sp³-hybridized carbons (Fsp3) is 0.467. The molecule has 0 atom stereocenters. The summed E-state index contributed by atoms with van der Waals surface area (Å²) >= 11 is 0. The molecule has 1 aliphatic rings. The van der Waals surface area contributed by atoms with Gasteiger partial charge in [0.1, 0.15) is 0 Å². The quantitative estimate of drug-likeness (QED) is 0.264. The summed E-state index contributed by atoms with van der Waals surface area (Å²) in [7, 11) is -7.99. The van der Waals surface area contributed by atoms with E-state index in [1.807, 2.05) is 4.90 Å². The van der Waals surface area contributed by atoms with Gasteiger partial charge in [-0.25, -0.2) is 8.42 Å². The first-order valence-electron chi connectivity index (χ1n) is 8.12. The van der Waals surface area contributed by atoms with E-state index < -0.39 is 37.5 Å². The van der Waals surface area contributed by atoms with Crippen molar-refractivity contribution >= 4 is 37.4 Å². The predicted molar refractivity (Wildman–Crippen MR) is 101 cm³/mol. The van der Waals surface area contributed by atoms with Crippen LogP contribution in [0.15, 0.2) is 28.3 Å². The number of rotatable bonds is 7. The van der Waals surface area contributed by atoms with Gasteiger partial charge in [0, 0.05) is 24.9 Å². The number of oxime groups is 1. The van der Waals surface area contributed by atoms with Crippen molar-refractivity contribution in [1.29, 1.82) is 0 Å². The molecule has 1 aliphatic heterocycles. The maximum atomic E-state index is 12.3. The van der Waals surface area contributed by atoms with E-state index in [1.54, 1.807) is 0 Å². The Balaban J connectivity index is 2.33. The van der Waals surface area contributed by atoms with Crippen LogP contribution < -0.4 is 16.4 Å². The third kappa shape index (κ3) is 5.82. The van der Waals surface area contributed by atoms with Crippen molar-refractivity contribution < 1.29 is 25.9 Å². The number of guanidine groups is 1. The van der Waals surface area contributed by atoms with Gasteiger partial charge in [-0.3, -0.25) is 9.08 Å². The zero-order chi connectivity index (χ0) is 20.2. The molecule has 1 aromatic rings. The fourth-order valence-corrected chi connectivity index (χ4v) is 4.41. The Morgan fingerprint density at radius 3 is 2.33 bits per heavy atom. The molecule has 0 spiro atoms. The van der Waals surface area contributed by atoms with E-state index >= 15 is 0 Å². The lowest BCUT2D eigenvalue weighted by Crippen LogP contribution is -2.30. The highest BCUT2D eigenvalue weighted by molar-refractivity contribution is 7.90. The summed E-state index contributed by atoms with van der Waals surface area (Å²) in [6.45, 7) is 1.44. The Bertz CT molecular complexity index is 947. The minimum atomic E-state index is -4.36. The van der Waals surface area contributed by atoms with Gasteiger partial charge in [-0.1, -0.05) is 0 Å². The first kappa shape index (κ1) is 21.0. The molecule has 0 unspecified atom stereocenters. The zero-order valence-corrected chi connectivity index (χ0v) is 16.4. The van der Waals surface area contributed by atoms with Gasteiger partial charge >= 0.3 is 10.1 Å². The molecule has 10 nitrogen and oxygen atoms in total. The molecule has 0 amide bonds. The van der Waals surface area contributed by atoms with E-state index in [0.717, 1.165) is 38.6 Å². The lowest BCUT2D eigenvalue weighted by Gasteiger charge is -2.30. The number of ketones is 1. The SMILES string of the molecule is CS(=O)(=O)c1cc(C(=O)CS(=O)(=O)ON=C(N)N)ccc1N1CCCCC1. The largest absolute Gasteiger partial charge is 0.370 e. The Hall–Kier alpha value is -2.34. The van der Waals surface area contributed by atoms with Crippen LogP contribution in [-0.2, 0) is 24.2 Å². The van der Waals surface area contributed by atoms with Crippen molar-refractivity contribution in [3.05, 3.63) is 23.8 Å². The Morgan fingerprint density at radius 1 is 1.15 bits per heavy atom. The van der Waals surface area contributed by atoms with Crippen molar-refractivity contribution in [3.8, 4) is 0 Å². The maximum absolute atomic E-state index is 12.3. The number of benzene rings is 1. The second-order valence-corrected chi connectivity index (χ2v) is 9.76. The van der Waals surface area contributed by atoms with Gasteiger partial charge in [0.2, 0.25) is 5.96 Å². The van der Waals surface area contributed by atoms with Gasteiger partial charge in [-0.05, 0) is 42.6 Å². The van der Waals surface area contributed by atoms with Crippen LogP contribution in [0.3, 0.4) is 0 Å². The lowest BCUT2D eigenvalue weighted by molar-refractivity contribution is 0.101. The van der Waals surface area contributed by atoms with Crippen molar-refractivity contribution in [2.75, 3.05) is 30.0 Å². The van der Waals surface area contributed by atoms with Crippen LogP contribution in [0.1, 0.15) is 29.6 Å². The van der Waals surface area contributed by atoms with Gasteiger partial charge in [-0.2, -0.15) is 8.42 Å². The first-order valence-corrected chi connectivity index (χ1v) is 11.6. The van der Waals surface area contributed by atoms with E-state index in [0.29, 0.717) is 5.69 Å². The van der Waals surface area contributed by atoms with Gasteiger partial charge in [0.25, 0.3) is 0 Å².